The van der Waals surface area contributed by atoms with Gasteiger partial charge in [-0.3, -0.25) is 0 Å². The number of rotatable bonds is 4. The third-order valence-corrected chi connectivity index (χ3v) is 5.37. The lowest BCUT2D eigenvalue weighted by Crippen LogP contribution is -2.00. The standard InChI is InChI=1S/C28H18N4O/c1-4-10-19(11-5-1)25-30-26(20-12-6-2-7-13-20)32-27(31-25)22-16-17-24-23(18-22)29-28(33-24)21-14-8-3-9-15-21/h1-18H. The fourth-order valence-corrected chi connectivity index (χ4v) is 3.71. The van der Waals surface area contributed by atoms with Gasteiger partial charge in [-0.05, 0) is 30.3 Å². The van der Waals surface area contributed by atoms with Gasteiger partial charge in [-0.25, -0.2) is 19.9 Å². The van der Waals surface area contributed by atoms with Gasteiger partial charge in [0.1, 0.15) is 5.52 Å². The van der Waals surface area contributed by atoms with Crippen LogP contribution >= 0.6 is 0 Å². The number of oxazole rings is 1. The van der Waals surface area contributed by atoms with Crippen molar-refractivity contribution in [3.63, 3.8) is 0 Å². The summed E-state index contributed by atoms with van der Waals surface area (Å²) in [5.74, 6) is 2.44. The summed E-state index contributed by atoms with van der Waals surface area (Å²) in [6.07, 6.45) is 0. The lowest BCUT2D eigenvalue weighted by atomic mass is 10.1. The largest absolute Gasteiger partial charge is 0.436 e. The normalized spacial score (nSPS) is 11.0. The summed E-state index contributed by atoms with van der Waals surface area (Å²) >= 11 is 0. The fraction of sp³-hybridized carbons (Fsp3) is 0. The van der Waals surface area contributed by atoms with Crippen molar-refractivity contribution in [2.24, 2.45) is 0 Å². The summed E-state index contributed by atoms with van der Waals surface area (Å²) in [7, 11) is 0. The molecule has 2 aromatic heterocycles. The number of hydrogen-bond donors (Lipinski definition) is 0. The average Bonchev–Trinajstić information content (AvgIpc) is 3.34. The van der Waals surface area contributed by atoms with Crippen molar-refractivity contribution in [3.8, 4) is 45.6 Å². The molecule has 33 heavy (non-hydrogen) atoms. The lowest BCUT2D eigenvalue weighted by molar-refractivity contribution is 0.620. The minimum absolute atomic E-state index is 0.591. The highest BCUT2D eigenvalue weighted by atomic mass is 16.3. The zero-order valence-electron chi connectivity index (χ0n) is 17.6. The highest BCUT2D eigenvalue weighted by Crippen LogP contribution is 2.29. The van der Waals surface area contributed by atoms with Gasteiger partial charge in [0, 0.05) is 22.3 Å². The third-order valence-electron chi connectivity index (χ3n) is 5.37. The lowest BCUT2D eigenvalue weighted by Gasteiger charge is -2.08. The summed E-state index contributed by atoms with van der Waals surface area (Å²) in [6, 6.07) is 35.6. The van der Waals surface area contributed by atoms with E-state index < -0.39 is 0 Å². The van der Waals surface area contributed by atoms with Crippen LogP contribution in [0.25, 0.3) is 56.7 Å². The molecule has 0 fully saturated rings. The molecule has 0 spiro atoms. The Bertz CT molecular complexity index is 1490. The Kier molecular flexibility index (Phi) is 4.70. The molecule has 5 nitrogen and oxygen atoms in total. The predicted octanol–water partition coefficient (Wildman–Crippen LogP) is 6.68. The highest BCUT2D eigenvalue weighted by Gasteiger charge is 2.14. The monoisotopic (exact) mass is 426 g/mol. The maximum absolute atomic E-state index is 5.97. The highest BCUT2D eigenvalue weighted by molar-refractivity contribution is 5.81. The predicted molar refractivity (Wildman–Crippen MR) is 129 cm³/mol. The minimum Gasteiger partial charge on any atom is -0.436 e. The van der Waals surface area contributed by atoms with Crippen molar-refractivity contribution >= 4 is 11.1 Å². The Balaban J connectivity index is 1.49. The first-order chi connectivity index (χ1) is 16.3. The molecular formula is C28H18N4O. The maximum Gasteiger partial charge on any atom is 0.227 e. The van der Waals surface area contributed by atoms with Gasteiger partial charge < -0.3 is 4.42 Å². The summed E-state index contributed by atoms with van der Waals surface area (Å²) in [4.78, 5) is 19.0. The Labute approximate surface area is 190 Å². The van der Waals surface area contributed by atoms with E-state index in [1.807, 2.05) is 109 Å². The average molecular weight is 426 g/mol. The van der Waals surface area contributed by atoms with Gasteiger partial charge in [0.2, 0.25) is 5.89 Å². The smallest absolute Gasteiger partial charge is 0.227 e. The van der Waals surface area contributed by atoms with Crippen LogP contribution in [0.4, 0.5) is 0 Å². The van der Waals surface area contributed by atoms with E-state index in [1.165, 1.54) is 0 Å². The molecule has 0 aliphatic carbocycles. The first-order valence-corrected chi connectivity index (χ1v) is 10.7. The second kappa shape index (κ2) is 8.13. The maximum atomic E-state index is 5.97. The van der Waals surface area contributed by atoms with E-state index in [9.17, 15) is 0 Å². The van der Waals surface area contributed by atoms with Crippen LogP contribution in [-0.2, 0) is 0 Å². The molecule has 0 aliphatic rings. The molecule has 6 aromatic rings. The van der Waals surface area contributed by atoms with E-state index in [2.05, 4.69) is 0 Å². The molecule has 0 saturated heterocycles. The number of benzene rings is 4. The number of fused-ring (bicyclic) bond motifs is 1. The summed E-state index contributed by atoms with van der Waals surface area (Å²) in [6.45, 7) is 0. The molecule has 5 heteroatoms. The first kappa shape index (κ1) is 19.1. The molecule has 0 unspecified atom stereocenters. The van der Waals surface area contributed by atoms with Crippen molar-refractivity contribution in [1.29, 1.82) is 0 Å². The molecule has 0 atom stereocenters. The van der Waals surface area contributed by atoms with Gasteiger partial charge in [0.15, 0.2) is 23.1 Å². The zero-order chi connectivity index (χ0) is 22.0. The van der Waals surface area contributed by atoms with E-state index in [0.29, 0.717) is 23.4 Å². The molecule has 156 valence electrons. The van der Waals surface area contributed by atoms with Gasteiger partial charge in [-0.1, -0.05) is 78.9 Å². The molecular weight excluding hydrogens is 408 g/mol. The van der Waals surface area contributed by atoms with Crippen LogP contribution < -0.4 is 0 Å². The van der Waals surface area contributed by atoms with Gasteiger partial charge in [0.05, 0.1) is 0 Å². The Hall–Kier alpha value is -4.64. The number of hydrogen-bond acceptors (Lipinski definition) is 5. The van der Waals surface area contributed by atoms with Gasteiger partial charge in [-0.15, -0.1) is 0 Å². The summed E-state index contributed by atoms with van der Waals surface area (Å²) < 4.78 is 5.97. The number of aromatic nitrogens is 4. The molecule has 6 rings (SSSR count). The third kappa shape index (κ3) is 3.77. The fourth-order valence-electron chi connectivity index (χ4n) is 3.71. The topological polar surface area (TPSA) is 64.7 Å². The summed E-state index contributed by atoms with van der Waals surface area (Å²) in [5.41, 5.74) is 5.15. The van der Waals surface area contributed by atoms with Crippen molar-refractivity contribution in [1.82, 2.24) is 19.9 Å². The van der Waals surface area contributed by atoms with Gasteiger partial charge in [0.25, 0.3) is 0 Å². The molecule has 0 N–H and O–H groups in total. The quantitative estimate of drug-likeness (QED) is 0.314. The second-order valence-corrected chi connectivity index (χ2v) is 7.61. The van der Waals surface area contributed by atoms with Crippen molar-refractivity contribution < 1.29 is 4.42 Å². The molecule has 0 amide bonds. The number of nitrogens with zero attached hydrogens (tertiary/aromatic N) is 4. The van der Waals surface area contributed by atoms with Crippen LogP contribution in [0.1, 0.15) is 0 Å². The van der Waals surface area contributed by atoms with E-state index in [-0.39, 0.29) is 0 Å². The second-order valence-electron chi connectivity index (χ2n) is 7.61. The summed E-state index contributed by atoms with van der Waals surface area (Å²) in [5, 5.41) is 0. The van der Waals surface area contributed by atoms with E-state index >= 15 is 0 Å². The van der Waals surface area contributed by atoms with Crippen molar-refractivity contribution in [2.45, 2.75) is 0 Å². The van der Waals surface area contributed by atoms with Crippen LogP contribution in [0.15, 0.2) is 114 Å². The molecule has 4 aromatic carbocycles. The minimum atomic E-state index is 0.591. The van der Waals surface area contributed by atoms with Gasteiger partial charge >= 0.3 is 0 Å². The van der Waals surface area contributed by atoms with Crippen LogP contribution in [0.3, 0.4) is 0 Å². The van der Waals surface area contributed by atoms with Crippen LogP contribution in [0.5, 0.6) is 0 Å². The van der Waals surface area contributed by atoms with Crippen LogP contribution in [-0.4, -0.2) is 19.9 Å². The Morgan fingerprint density at radius 2 is 0.909 bits per heavy atom. The molecule has 0 saturated carbocycles. The van der Waals surface area contributed by atoms with Crippen LogP contribution in [0, 0.1) is 0 Å². The van der Waals surface area contributed by atoms with Gasteiger partial charge in [-0.2, -0.15) is 0 Å². The van der Waals surface area contributed by atoms with E-state index in [0.717, 1.165) is 33.4 Å². The van der Waals surface area contributed by atoms with Crippen LogP contribution in [0.2, 0.25) is 0 Å². The Morgan fingerprint density at radius 3 is 1.45 bits per heavy atom. The zero-order valence-corrected chi connectivity index (χ0v) is 17.6. The molecule has 0 bridgehead atoms. The van der Waals surface area contributed by atoms with E-state index in [4.69, 9.17) is 24.4 Å². The van der Waals surface area contributed by atoms with Crippen molar-refractivity contribution in [2.75, 3.05) is 0 Å². The Morgan fingerprint density at radius 1 is 0.424 bits per heavy atom. The molecule has 0 aliphatic heterocycles. The molecule has 0 radical (unpaired) electrons. The SMILES string of the molecule is c1ccc(-c2nc(-c3ccccc3)nc(-c3ccc4oc(-c5ccccc5)nc4c3)n2)cc1. The van der Waals surface area contributed by atoms with Crippen molar-refractivity contribution in [3.05, 3.63) is 109 Å². The van der Waals surface area contributed by atoms with E-state index in [1.54, 1.807) is 0 Å². The molecule has 2 heterocycles. The first-order valence-electron chi connectivity index (χ1n) is 10.7.